The van der Waals surface area contributed by atoms with Crippen molar-refractivity contribution in [3.05, 3.63) is 40.4 Å². The number of aromatic nitrogens is 1. The van der Waals surface area contributed by atoms with E-state index in [9.17, 15) is 18.0 Å². The molecule has 100 valence electrons. The Balaban J connectivity index is 2.37. The van der Waals surface area contributed by atoms with E-state index in [1.807, 2.05) is 6.92 Å². The second kappa shape index (κ2) is 5.13. The second-order valence-corrected chi connectivity index (χ2v) is 4.96. The molecule has 0 radical (unpaired) electrons. The van der Waals surface area contributed by atoms with Gasteiger partial charge in [-0.3, -0.25) is 4.79 Å². The molecule has 2 nitrogen and oxygen atoms in total. The number of benzene rings is 1. The number of carbonyl (C=O) groups excluding carboxylic acids is 1. The highest BCUT2D eigenvalue weighted by molar-refractivity contribution is 7.15. The lowest BCUT2D eigenvalue weighted by Crippen LogP contribution is -2.03. The molecule has 0 aliphatic heterocycles. The van der Waals surface area contributed by atoms with Crippen molar-refractivity contribution in [2.75, 3.05) is 0 Å². The zero-order valence-corrected chi connectivity index (χ0v) is 10.8. The van der Waals surface area contributed by atoms with Gasteiger partial charge in [0.2, 0.25) is 0 Å². The van der Waals surface area contributed by atoms with E-state index in [0.717, 1.165) is 17.0 Å². The Hall–Kier alpha value is -1.69. The van der Waals surface area contributed by atoms with Gasteiger partial charge in [0, 0.05) is 10.4 Å². The van der Waals surface area contributed by atoms with E-state index in [0.29, 0.717) is 29.0 Å². The summed E-state index contributed by atoms with van der Waals surface area (Å²) < 4.78 is 37.3. The maximum Gasteiger partial charge on any atom is 0.416 e. The summed E-state index contributed by atoms with van der Waals surface area (Å²) >= 11 is 1.33. The molecule has 0 saturated carbocycles. The van der Waals surface area contributed by atoms with Gasteiger partial charge < -0.3 is 0 Å². The lowest BCUT2D eigenvalue weighted by Gasteiger charge is -2.06. The first-order chi connectivity index (χ1) is 8.95. The van der Waals surface area contributed by atoms with Crippen LogP contribution >= 0.6 is 11.3 Å². The van der Waals surface area contributed by atoms with Crippen molar-refractivity contribution in [1.82, 2.24) is 4.98 Å². The van der Waals surface area contributed by atoms with Crippen LogP contribution in [-0.2, 0) is 12.6 Å². The van der Waals surface area contributed by atoms with Crippen LogP contribution in [0.2, 0.25) is 0 Å². The van der Waals surface area contributed by atoms with Crippen LogP contribution in [0.15, 0.2) is 24.3 Å². The summed E-state index contributed by atoms with van der Waals surface area (Å²) in [4.78, 5) is 15.8. The fourth-order valence-corrected chi connectivity index (χ4v) is 2.61. The average molecular weight is 285 g/mol. The van der Waals surface area contributed by atoms with Gasteiger partial charge in [-0.05, 0) is 18.6 Å². The molecule has 6 heteroatoms. The lowest BCUT2D eigenvalue weighted by atomic mass is 10.1. The van der Waals surface area contributed by atoms with Gasteiger partial charge in [-0.1, -0.05) is 19.1 Å². The lowest BCUT2D eigenvalue weighted by molar-refractivity contribution is -0.137. The molecule has 0 aliphatic carbocycles. The van der Waals surface area contributed by atoms with E-state index in [1.54, 1.807) is 0 Å². The first-order valence-electron chi connectivity index (χ1n) is 5.58. The summed E-state index contributed by atoms with van der Waals surface area (Å²) in [6, 6.07) is 4.78. The van der Waals surface area contributed by atoms with Gasteiger partial charge in [0.25, 0.3) is 0 Å². The fraction of sp³-hybridized carbons (Fsp3) is 0.231. The number of thiazole rings is 1. The van der Waals surface area contributed by atoms with E-state index in [2.05, 4.69) is 4.98 Å². The monoisotopic (exact) mass is 285 g/mol. The van der Waals surface area contributed by atoms with Gasteiger partial charge >= 0.3 is 6.18 Å². The summed E-state index contributed by atoms with van der Waals surface area (Å²) in [7, 11) is 0. The Kier molecular flexibility index (Phi) is 3.71. The summed E-state index contributed by atoms with van der Waals surface area (Å²) in [5.41, 5.74) is 0.252. The third-order valence-electron chi connectivity index (χ3n) is 2.62. The third kappa shape index (κ3) is 2.84. The maximum absolute atomic E-state index is 12.4. The molecule has 19 heavy (non-hydrogen) atoms. The van der Waals surface area contributed by atoms with E-state index in [-0.39, 0.29) is 0 Å². The molecule has 0 fully saturated rings. The van der Waals surface area contributed by atoms with Crippen LogP contribution in [-0.4, -0.2) is 11.3 Å². The molecule has 2 rings (SSSR count). The minimum absolute atomic E-state index is 0.363. The molecular weight excluding hydrogens is 275 g/mol. The number of halogens is 3. The second-order valence-electron chi connectivity index (χ2n) is 3.87. The Morgan fingerprint density at radius 3 is 2.32 bits per heavy atom. The number of rotatable bonds is 3. The van der Waals surface area contributed by atoms with Crippen LogP contribution < -0.4 is 0 Å². The van der Waals surface area contributed by atoms with Crippen molar-refractivity contribution in [3.8, 4) is 10.6 Å². The van der Waals surface area contributed by atoms with Crippen LogP contribution in [0.25, 0.3) is 10.6 Å². The van der Waals surface area contributed by atoms with Crippen LogP contribution in [0.4, 0.5) is 13.2 Å². The van der Waals surface area contributed by atoms with Crippen LogP contribution in [0.3, 0.4) is 0 Å². The summed E-state index contributed by atoms with van der Waals surface area (Å²) in [6.07, 6.45) is -3.00. The van der Waals surface area contributed by atoms with Gasteiger partial charge in [-0.2, -0.15) is 13.2 Å². The van der Waals surface area contributed by atoms with E-state index >= 15 is 0 Å². The Morgan fingerprint density at radius 2 is 1.89 bits per heavy atom. The predicted molar refractivity (Wildman–Crippen MR) is 67.3 cm³/mol. The molecule has 0 atom stereocenters. The smallest absolute Gasteiger partial charge is 0.296 e. The van der Waals surface area contributed by atoms with Crippen LogP contribution in [0, 0.1) is 0 Å². The maximum atomic E-state index is 12.4. The topological polar surface area (TPSA) is 30.0 Å². The predicted octanol–water partition coefficient (Wildman–Crippen LogP) is 4.20. The van der Waals surface area contributed by atoms with E-state index in [4.69, 9.17) is 0 Å². The summed E-state index contributed by atoms with van der Waals surface area (Å²) in [5, 5.41) is 0.563. The van der Waals surface area contributed by atoms with E-state index < -0.39 is 11.7 Å². The number of hydrogen-bond acceptors (Lipinski definition) is 3. The highest BCUT2D eigenvalue weighted by Crippen LogP contribution is 2.32. The molecule has 0 saturated heterocycles. The number of aryl methyl sites for hydroxylation is 1. The zero-order chi connectivity index (χ0) is 14.0. The van der Waals surface area contributed by atoms with Crippen LogP contribution in [0.1, 0.15) is 27.9 Å². The average Bonchev–Trinajstić information content (AvgIpc) is 2.81. The molecule has 0 amide bonds. The molecule has 1 aromatic heterocycles. The van der Waals surface area contributed by atoms with Gasteiger partial charge in [0.05, 0.1) is 5.56 Å². The Labute approximate surface area is 111 Å². The van der Waals surface area contributed by atoms with Crippen molar-refractivity contribution in [2.45, 2.75) is 19.5 Å². The molecule has 0 spiro atoms. The highest BCUT2D eigenvalue weighted by Gasteiger charge is 2.30. The normalized spacial score (nSPS) is 11.6. The SMILES string of the molecule is CCc1sc(-c2ccc(C(F)(F)F)cc2)nc1C=O. The van der Waals surface area contributed by atoms with Gasteiger partial charge in [0.15, 0.2) is 6.29 Å². The molecule has 1 heterocycles. The quantitative estimate of drug-likeness (QED) is 0.791. The molecule has 0 unspecified atom stereocenters. The molecule has 1 aromatic carbocycles. The zero-order valence-electron chi connectivity index (χ0n) is 9.99. The van der Waals surface area contributed by atoms with Crippen molar-refractivity contribution in [3.63, 3.8) is 0 Å². The molecule has 2 aromatic rings. The molecule has 0 bridgehead atoms. The number of nitrogens with zero attached hydrogens (tertiary/aromatic N) is 1. The van der Waals surface area contributed by atoms with Gasteiger partial charge in [-0.15, -0.1) is 11.3 Å². The highest BCUT2D eigenvalue weighted by atomic mass is 32.1. The van der Waals surface area contributed by atoms with Crippen molar-refractivity contribution >= 4 is 17.6 Å². The third-order valence-corrected chi connectivity index (χ3v) is 3.88. The first-order valence-corrected chi connectivity index (χ1v) is 6.40. The summed E-state index contributed by atoms with van der Waals surface area (Å²) in [5.74, 6) is 0. The van der Waals surface area contributed by atoms with Crippen molar-refractivity contribution in [2.24, 2.45) is 0 Å². The van der Waals surface area contributed by atoms with Crippen molar-refractivity contribution < 1.29 is 18.0 Å². The minimum atomic E-state index is -4.34. The Morgan fingerprint density at radius 1 is 1.26 bits per heavy atom. The number of aldehydes is 1. The largest absolute Gasteiger partial charge is 0.416 e. The number of hydrogen-bond donors (Lipinski definition) is 0. The summed E-state index contributed by atoms with van der Waals surface area (Å²) in [6.45, 7) is 1.90. The van der Waals surface area contributed by atoms with Gasteiger partial charge in [0.1, 0.15) is 10.7 Å². The Bertz CT molecular complexity index is 587. The van der Waals surface area contributed by atoms with Crippen LogP contribution in [0.5, 0.6) is 0 Å². The first kappa shape index (κ1) is 13.7. The van der Waals surface area contributed by atoms with Gasteiger partial charge in [-0.25, -0.2) is 4.98 Å². The van der Waals surface area contributed by atoms with Crippen molar-refractivity contribution in [1.29, 1.82) is 0 Å². The fourth-order valence-electron chi connectivity index (χ4n) is 1.63. The molecule has 0 N–H and O–H groups in total. The van der Waals surface area contributed by atoms with E-state index in [1.165, 1.54) is 23.5 Å². The molecular formula is C13H10F3NOS. The minimum Gasteiger partial charge on any atom is -0.296 e. The number of carbonyl (C=O) groups is 1. The standard InChI is InChI=1S/C13H10F3NOS/c1-2-11-10(7-18)17-12(19-11)8-3-5-9(6-4-8)13(14,15)16/h3-7H,2H2,1H3. The molecule has 0 aliphatic rings. The number of alkyl halides is 3.